The van der Waals surface area contributed by atoms with Gasteiger partial charge in [0.2, 0.25) is 5.28 Å². The van der Waals surface area contributed by atoms with Crippen molar-refractivity contribution in [1.82, 2.24) is 15.0 Å². The molecule has 0 aliphatic heterocycles. The number of H-pyrrole nitrogens is 1. The van der Waals surface area contributed by atoms with E-state index in [1.54, 1.807) is 6.20 Å². The Morgan fingerprint density at radius 1 is 1.50 bits per heavy atom. The Morgan fingerprint density at radius 3 is 3.08 bits per heavy atom. The lowest BCUT2D eigenvalue weighted by molar-refractivity contribution is 1.17. The molecule has 62 valence electrons. The molecule has 12 heavy (non-hydrogen) atoms. The van der Waals surface area contributed by atoms with Crippen molar-refractivity contribution in [2.45, 2.75) is 0 Å². The van der Waals surface area contributed by atoms with Crippen LogP contribution < -0.4 is 11.3 Å². The van der Waals surface area contributed by atoms with Crippen LogP contribution in [0.25, 0.3) is 11.0 Å². The van der Waals surface area contributed by atoms with Crippen molar-refractivity contribution in [3.63, 3.8) is 0 Å². The van der Waals surface area contributed by atoms with Crippen LogP contribution in [-0.2, 0) is 0 Å². The molecule has 6 heteroatoms. The summed E-state index contributed by atoms with van der Waals surface area (Å²) >= 11 is 5.62. The lowest BCUT2D eigenvalue weighted by atomic mass is 10.4. The maximum absolute atomic E-state index is 5.62. The van der Waals surface area contributed by atoms with Gasteiger partial charge in [-0.05, 0) is 17.7 Å². The number of rotatable bonds is 1. The largest absolute Gasteiger partial charge is 0.346 e. The second kappa shape index (κ2) is 2.62. The summed E-state index contributed by atoms with van der Waals surface area (Å²) in [5.74, 6) is 5.75. The minimum atomic E-state index is 0.165. The first-order valence-electron chi connectivity index (χ1n) is 3.28. The van der Waals surface area contributed by atoms with E-state index < -0.39 is 0 Å². The molecular formula is C6H6ClN5. The van der Waals surface area contributed by atoms with Crippen LogP contribution in [0.2, 0.25) is 5.28 Å². The van der Waals surface area contributed by atoms with Gasteiger partial charge in [0.25, 0.3) is 0 Å². The van der Waals surface area contributed by atoms with Crippen LogP contribution in [0.3, 0.4) is 0 Å². The predicted octanol–water partition coefficient (Wildman–Crippen LogP) is 0.897. The molecule has 0 spiro atoms. The van der Waals surface area contributed by atoms with Crippen LogP contribution in [0, 0.1) is 0 Å². The maximum Gasteiger partial charge on any atom is 0.226 e. The molecule has 0 atom stereocenters. The minimum absolute atomic E-state index is 0.165. The number of halogens is 1. The van der Waals surface area contributed by atoms with E-state index >= 15 is 0 Å². The molecule has 0 aliphatic carbocycles. The van der Waals surface area contributed by atoms with Gasteiger partial charge in [0.05, 0.1) is 5.39 Å². The fourth-order valence-electron chi connectivity index (χ4n) is 1.02. The summed E-state index contributed by atoms with van der Waals surface area (Å²) in [6.07, 6.45) is 1.75. The third-order valence-corrected chi connectivity index (χ3v) is 1.69. The Labute approximate surface area is 72.9 Å². The van der Waals surface area contributed by atoms with Crippen LogP contribution >= 0.6 is 11.6 Å². The lowest BCUT2D eigenvalue weighted by Crippen LogP contribution is -2.09. The Balaban J connectivity index is 2.80. The van der Waals surface area contributed by atoms with Gasteiger partial charge in [-0.1, -0.05) is 0 Å². The molecule has 0 bridgehead atoms. The van der Waals surface area contributed by atoms with Gasteiger partial charge in [0.1, 0.15) is 5.65 Å². The summed E-state index contributed by atoms with van der Waals surface area (Å²) in [6, 6.07) is 1.82. The minimum Gasteiger partial charge on any atom is -0.346 e. The smallest absolute Gasteiger partial charge is 0.226 e. The molecule has 0 saturated carbocycles. The number of fused-ring (bicyclic) bond motifs is 1. The molecule has 2 heterocycles. The molecule has 0 aliphatic rings. The molecule has 0 aromatic carbocycles. The van der Waals surface area contributed by atoms with Gasteiger partial charge in [-0.15, -0.1) is 0 Å². The summed E-state index contributed by atoms with van der Waals surface area (Å²) < 4.78 is 0. The molecule has 2 aromatic heterocycles. The van der Waals surface area contributed by atoms with Crippen molar-refractivity contribution in [1.29, 1.82) is 0 Å². The van der Waals surface area contributed by atoms with Gasteiger partial charge in [0, 0.05) is 6.20 Å². The highest BCUT2D eigenvalue weighted by molar-refractivity contribution is 6.28. The average Bonchev–Trinajstić information content (AvgIpc) is 2.50. The van der Waals surface area contributed by atoms with E-state index in [0.29, 0.717) is 11.5 Å². The van der Waals surface area contributed by atoms with E-state index in [1.165, 1.54) is 0 Å². The van der Waals surface area contributed by atoms with E-state index in [2.05, 4.69) is 20.4 Å². The Bertz CT molecular complexity index is 409. The SMILES string of the molecule is NNc1nc(Cl)nc2[nH]ccc12. The first kappa shape index (κ1) is 7.33. The van der Waals surface area contributed by atoms with Gasteiger partial charge in [-0.3, -0.25) is 0 Å². The lowest BCUT2D eigenvalue weighted by Gasteiger charge is -1.99. The fourth-order valence-corrected chi connectivity index (χ4v) is 1.19. The third kappa shape index (κ3) is 0.992. The zero-order valence-electron chi connectivity index (χ0n) is 6.00. The molecule has 0 unspecified atom stereocenters. The predicted molar refractivity (Wildman–Crippen MR) is 46.7 cm³/mol. The van der Waals surface area contributed by atoms with Crippen molar-refractivity contribution in [2.75, 3.05) is 5.43 Å². The summed E-state index contributed by atoms with van der Waals surface area (Å²) in [6.45, 7) is 0. The quantitative estimate of drug-likeness (QED) is 0.349. The second-order valence-corrected chi connectivity index (χ2v) is 2.56. The van der Waals surface area contributed by atoms with E-state index in [-0.39, 0.29) is 5.28 Å². The number of aromatic amines is 1. The van der Waals surface area contributed by atoms with E-state index in [4.69, 9.17) is 17.4 Å². The van der Waals surface area contributed by atoms with E-state index in [0.717, 1.165) is 5.39 Å². The molecule has 0 saturated heterocycles. The fraction of sp³-hybridized carbons (Fsp3) is 0. The topological polar surface area (TPSA) is 79.6 Å². The molecular weight excluding hydrogens is 178 g/mol. The van der Waals surface area contributed by atoms with Crippen molar-refractivity contribution >= 4 is 28.5 Å². The molecule has 2 aromatic rings. The molecule has 2 rings (SSSR count). The normalized spacial score (nSPS) is 10.5. The summed E-state index contributed by atoms with van der Waals surface area (Å²) in [7, 11) is 0. The summed E-state index contributed by atoms with van der Waals surface area (Å²) in [5.41, 5.74) is 3.11. The third-order valence-electron chi connectivity index (χ3n) is 1.53. The number of hydrogen-bond donors (Lipinski definition) is 3. The number of hydrazine groups is 1. The van der Waals surface area contributed by atoms with Crippen LogP contribution in [0.15, 0.2) is 12.3 Å². The number of hydrogen-bond acceptors (Lipinski definition) is 4. The van der Waals surface area contributed by atoms with Crippen molar-refractivity contribution in [3.05, 3.63) is 17.5 Å². The highest BCUT2D eigenvalue weighted by Crippen LogP contribution is 2.19. The number of anilines is 1. The Morgan fingerprint density at radius 2 is 2.33 bits per heavy atom. The molecule has 4 N–H and O–H groups in total. The van der Waals surface area contributed by atoms with Crippen LogP contribution in [-0.4, -0.2) is 15.0 Å². The number of nitrogen functional groups attached to an aromatic ring is 1. The molecule has 0 amide bonds. The van der Waals surface area contributed by atoms with Crippen molar-refractivity contribution in [2.24, 2.45) is 5.84 Å². The highest BCUT2D eigenvalue weighted by atomic mass is 35.5. The average molecular weight is 184 g/mol. The number of aromatic nitrogens is 3. The molecule has 0 fully saturated rings. The maximum atomic E-state index is 5.62. The summed E-state index contributed by atoms with van der Waals surface area (Å²) in [5, 5.41) is 0.986. The Kier molecular flexibility index (Phi) is 1.60. The highest BCUT2D eigenvalue weighted by Gasteiger charge is 2.04. The second-order valence-electron chi connectivity index (χ2n) is 2.23. The monoisotopic (exact) mass is 183 g/mol. The number of nitrogens with zero attached hydrogens (tertiary/aromatic N) is 2. The van der Waals surface area contributed by atoms with Crippen molar-refractivity contribution in [3.8, 4) is 0 Å². The van der Waals surface area contributed by atoms with Gasteiger partial charge in [-0.2, -0.15) is 9.97 Å². The molecule has 0 radical (unpaired) electrons. The Hall–Kier alpha value is -1.33. The van der Waals surface area contributed by atoms with Gasteiger partial charge in [-0.25, -0.2) is 5.84 Å². The molecule has 5 nitrogen and oxygen atoms in total. The van der Waals surface area contributed by atoms with Crippen LogP contribution in [0.5, 0.6) is 0 Å². The zero-order chi connectivity index (χ0) is 8.55. The van der Waals surface area contributed by atoms with Gasteiger partial charge < -0.3 is 10.4 Å². The first-order valence-corrected chi connectivity index (χ1v) is 3.66. The summed E-state index contributed by atoms with van der Waals surface area (Å²) in [4.78, 5) is 10.7. The van der Waals surface area contributed by atoms with Crippen LogP contribution in [0.1, 0.15) is 0 Å². The number of nitrogens with two attached hydrogens (primary N) is 1. The van der Waals surface area contributed by atoms with Crippen LogP contribution in [0.4, 0.5) is 5.82 Å². The standard InChI is InChI=1S/C6H6ClN5/c7-6-10-4-3(1-2-9-4)5(11-6)12-8/h1-2H,8H2,(H2,9,10,11,12). The first-order chi connectivity index (χ1) is 5.81. The number of nitrogens with one attached hydrogen (secondary N) is 2. The van der Waals surface area contributed by atoms with Gasteiger partial charge in [0.15, 0.2) is 5.82 Å². The zero-order valence-corrected chi connectivity index (χ0v) is 6.76. The van der Waals surface area contributed by atoms with Crippen molar-refractivity contribution < 1.29 is 0 Å². The van der Waals surface area contributed by atoms with E-state index in [9.17, 15) is 0 Å². The van der Waals surface area contributed by atoms with Gasteiger partial charge >= 0.3 is 0 Å². The van der Waals surface area contributed by atoms with E-state index in [1.807, 2.05) is 6.07 Å².